The van der Waals surface area contributed by atoms with Gasteiger partial charge in [0.15, 0.2) is 11.5 Å². The lowest BCUT2D eigenvalue weighted by Crippen LogP contribution is -2.53. The predicted molar refractivity (Wildman–Crippen MR) is 180 cm³/mol. The van der Waals surface area contributed by atoms with E-state index in [9.17, 15) is 22.4 Å². The van der Waals surface area contributed by atoms with Gasteiger partial charge in [-0.3, -0.25) is 13.9 Å². The summed E-state index contributed by atoms with van der Waals surface area (Å²) in [6.07, 6.45) is 0.829. The Hall–Kier alpha value is -4.61. The SMILES string of the molecule is CCCNC(=O)C(Cc1ccccc1)N(Cc1ccccc1Cl)C(=O)CN(c1ccc(F)cc1)S(=O)(=O)c1ccc(OC)c(OC)c1. The van der Waals surface area contributed by atoms with Crippen LogP contribution in [0.4, 0.5) is 10.1 Å². The fraction of sp³-hybridized carbons (Fsp3) is 0.257. The van der Waals surface area contributed by atoms with Crippen LogP contribution in [-0.2, 0) is 32.6 Å². The van der Waals surface area contributed by atoms with Gasteiger partial charge in [0.05, 0.1) is 24.8 Å². The van der Waals surface area contributed by atoms with Crippen LogP contribution in [0.15, 0.2) is 102 Å². The number of nitrogens with one attached hydrogen (secondary N) is 1. The van der Waals surface area contributed by atoms with Gasteiger partial charge in [0.1, 0.15) is 18.4 Å². The molecular formula is C35H37ClFN3O6S. The minimum Gasteiger partial charge on any atom is -0.493 e. The van der Waals surface area contributed by atoms with Gasteiger partial charge in [0.2, 0.25) is 11.8 Å². The summed E-state index contributed by atoms with van der Waals surface area (Å²) in [7, 11) is -1.66. The molecule has 47 heavy (non-hydrogen) atoms. The molecule has 12 heteroatoms. The van der Waals surface area contributed by atoms with Crippen LogP contribution in [0.1, 0.15) is 24.5 Å². The number of methoxy groups -OCH3 is 2. The van der Waals surface area contributed by atoms with E-state index >= 15 is 0 Å². The number of hydrogen-bond acceptors (Lipinski definition) is 6. The lowest BCUT2D eigenvalue weighted by molar-refractivity contribution is -0.140. The topological polar surface area (TPSA) is 105 Å². The fourth-order valence-corrected chi connectivity index (χ4v) is 6.60. The van der Waals surface area contributed by atoms with Crippen molar-refractivity contribution in [3.8, 4) is 11.5 Å². The molecule has 1 unspecified atom stereocenters. The van der Waals surface area contributed by atoms with E-state index in [1.165, 1.54) is 49.5 Å². The molecule has 0 fully saturated rings. The highest BCUT2D eigenvalue weighted by atomic mass is 35.5. The highest BCUT2D eigenvalue weighted by molar-refractivity contribution is 7.92. The number of amides is 2. The Labute approximate surface area is 279 Å². The van der Waals surface area contributed by atoms with E-state index in [2.05, 4.69) is 5.32 Å². The number of benzene rings is 4. The summed E-state index contributed by atoms with van der Waals surface area (Å²) in [6.45, 7) is 1.51. The van der Waals surface area contributed by atoms with Crippen molar-refractivity contribution >= 4 is 39.1 Å². The molecule has 0 saturated carbocycles. The maximum atomic E-state index is 14.5. The molecule has 9 nitrogen and oxygen atoms in total. The van der Waals surface area contributed by atoms with E-state index in [4.69, 9.17) is 21.1 Å². The van der Waals surface area contributed by atoms with Crippen LogP contribution >= 0.6 is 11.6 Å². The van der Waals surface area contributed by atoms with Gasteiger partial charge in [-0.25, -0.2) is 12.8 Å². The molecule has 0 saturated heterocycles. The Bertz CT molecular complexity index is 1770. The standard InChI is InChI=1S/C35H37ClFN3O6S/c1-4-20-38-35(42)31(21-25-10-6-5-7-11-25)39(23-26-12-8-9-13-30(26)36)34(41)24-40(28-16-14-27(37)15-17-28)47(43,44)29-18-19-32(45-2)33(22-29)46-3/h5-19,22,31H,4,20-21,23-24H2,1-3H3,(H,38,42). The minimum absolute atomic E-state index is 0.0438. The monoisotopic (exact) mass is 681 g/mol. The Balaban J connectivity index is 1.82. The smallest absolute Gasteiger partial charge is 0.264 e. The first-order valence-electron chi connectivity index (χ1n) is 14.9. The molecule has 0 aliphatic carbocycles. The summed E-state index contributed by atoms with van der Waals surface area (Å²) in [5, 5.41) is 3.27. The second-order valence-electron chi connectivity index (χ2n) is 10.6. The van der Waals surface area contributed by atoms with Crippen LogP contribution < -0.4 is 19.1 Å². The van der Waals surface area contributed by atoms with Gasteiger partial charge in [0.25, 0.3) is 10.0 Å². The molecule has 2 amide bonds. The molecule has 0 aliphatic rings. The molecule has 4 rings (SSSR count). The van der Waals surface area contributed by atoms with Gasteiger partial charge < -0.3 is 19.7 Å². The Kier molecular flexibility index (Phi) is 12.2. The molecule has 1 atom stereocenters. The third-order valence-corrected chi connectivity index (χ3v) is 9.59. The summed E-state index contributed by atoms with van der Waals surface area (Å²) in [5.74, 6) is -1.18. The number of carbonyl (C=O) groups is 2. The molecule has 0 bridgehead atoms. The number of rotatable bonds is 15. The zero-order chi connectivity index (χ0) is 34.0. The Morgan fingerprint density at radius 2 is 1.55 bits per heavy atom. The van der Waals surface area contributed by atoms with Crippen LogP contribution in [0.2, 0.25) is 5.02 Å². The van der Waals surface area contributed by atoms with E-state index in [0.717, 1.165) is 22.0 Å². The maximum absolute atomic E-state index is 14.5. The predicted octanol–water partition coefficient (Wildman–Crippen LogP) is 5.86. The maximum Gasteiger partial charge on any atom is 0.264 e. The summed E-state index contributed by atoms with van der Waals surface area (Å²) < 4.78 is 54.0. The summed E-state index contributed by atoms with van der Waals surface area (Å²) in [6, 6.07) is 23.9. The zero-order valence-electron chi connectivity index (χ0n) is 26.4. The number of nitrogens with zero attached hydrogens (tertiary/aromatic N) is 2. The van der Waals surface area contributed by atoms with Crippen molar-refractivity contribution in [3.63, 3.8) is 0 Å². The zero-order valence-corrected chi connectivity index (χ0v) is 27.9. The first kappa shape index (κ1) is 35.2. The van der Waals surface area contributed by atoms with E-state index in [1.54, 1.807) is 24.3 Å². The van der Waals surface area contributed by atoms with Crippen molar-refractivity contribution in [2.24, 2.45) is 0 Å². The van der Waals surface area contributed by atoms with E-state index in [1.807, 2.05) is 37.3 Å². The van der Waals surface area contributed by atoms with Gasteiger partial charge in [-0.2, -0.15) is 0 Å². The van der Waals surface area contributed by atoms with Gasteiger partial charge >= 0.3 is 0 Å². The summed E-state index contributed by atoms with van der Waals surface area (Å²) in [4.78, 5) is 29.4. The molecule has 248 valence electrons. The number of anilines is 1. The lowest BCUT2D eigenvalue weighted by Gasteiger charge is -2.34. The van der Waals surface area contributed by atoms with Crippen molar-refractivity contribution in [1.29, 1.82) is 0 Å². The molecule has 0 radical (unpaired) electrons. The third-order valence-electron chi connectivity index (χ3n) is 7.46. The minimum atomic E-state index is -4.45. The Morgan fingerprint density at radius 3 is 2.19 bits per heavy atom. The van der Waals surface area contributed by atoms with Gasteiger partial charge in [-0.15, -0.1) is 0 Å². The fourth-order valence-electron chi connectivity index (χ4n) is 4.97. The number of sulfonamides is 1. The normalized spacial score (nSPS) is 11.8. The highest BCUT2D eigenvalue weighted by Gasteiger charge is 2.35. The van der Waals surface area contributed by atoms with E-state index < -0.39 is 40.2 Å². The summed E-state index contributed by atoms with van der Waals surface area (Å²) >= 11 is 6.52. The molecule has 1 N–H and O–H groups in total. The van der Waals surface area contributed by atoms with Crippen LogP contribution in [0.3, 0.4) is 0 Å². The van der Waals surface area contributed by atoms with E-state index in [-0.39, 0.29) is 29.3 Å². The number of hydrogen-bond donors (Lipinski definition) is 1. The van der Waals surface area contributed by atoms with Crippen molar-refractivity contribution < 1.29 is 31.9 Å². The number of ether oxygens (including phenoxy) is 2. The van der Waals surface area contributed by atoms with Gasteiger partial charge in [-0.1, -0.05) is 67.1 Å². The quantitative estimate of drug-likeness (QED) is 0.169. The number of carbonyl (C=O) groups excluding carboxylic acids is 2. The molecule has 4 aromatic rings. The van der Waals surface area contributed by atoms with Crippen LogP contribution in [0, 0.1) is 5.82 Å². The van der Waals surface area contributed by atoms with Crippen molar-refractivity contribution in [2.45, 2.75) is 37.2 Å². The van der Waals surface area contributed by atoms with Gasteiger partial charge in [-0.05, 0) is 60.0 Å². The Morgan fingerprint density at radius 1 is 0.894 bits per heavy atom. The molecule has 0 aliphatic heterocycles. The molecule has 0 aromatic heterocycles. The number of halogens is 2. The van der Waals surface area contributed by atoms with Crippen LogP contribution in [0.25, 0.3) is 0 Å². The van der Waals surface area contributed by atoms with Gasteiger partial charge in [0, 0.05) is 30.6 Å². The average molecular weight is 682 g/mol. The van der Waals surface area contributed by atoms with Crippen molar-refractivity contribution in [3.05, 3.63) is 119 Å². The first-order valence-corrected chi connectivity index (χ1v) is 16.8. The molecule has 4 aromatic carbocycles. The molecule has 0 spiro atoms. The van der Waals surface area contributed by atoms with Crippen molar-refractivity contribution in [1.82, 2.24) is 10.2 Å². The largest absolute Gasteiger partial charge is 0.493 e. The van der Waals surface area contributed by atoms with Crippen molar-refractivity contribution in [2.75, 3.05) is 31.6 Å². The highest BCUT2D eigenvalue weighted by Crippen LogP contribution is 2.32. The van der Waals surface area contributed by atoms with Crippen LogP contribution in [-0.4, -0.2) is 58.5 Å². The third kappa shape index (κ3) is 8.81. The second-order valence-corrected chi connectivity index (χ2v) is 12.9. The lowest BCUT2D eigenvalue weighted by atomic mass is 10.0. The van der Waals surface area contributed by atoms with Crippen LogP contribution in [0.5, 0.6) is 11.5 Å². The second kappa shape index (κ2) is 16.3. The molecule has 0 heterocycles. The average Bonchev–Trinajstić information content (AvgIpc) is 3.08. The summed E-state index contributed by atoms with van der Waals surface area (Å²) in [5.41, 5.74) is 1.41. The molecular weight excluding hydrogens is 645 g/mol. The first-order chi connectivity index (χ1) is 22.6. The van der Waals surface area contributed by atoms with E-state index in [0.29, 0.717) is 29.3 Å².